The second-order valence-electron chi connectivity index (χ2n) is 1.86. The molecule has 0 amide bonds. The summed E-state index contributed by atoms with van der Waals surface area (Å²) >= 11 is 0. The van der Waals surface area contributed by atoms with Crippen molar-refractivity contribution in [3.63, 3.8) is 0 Å². The minimum Gasteiger partial charge on any atom is -0.396 e. The summed E-state index contributed by atoms with van der Waals surface area (Å²) in [6.45, 7) is 0.137. The molecule has 0 aliphatic heterocycles. The molecule has 0 aromatic carbocycles. The zero-order chi connectivity index (χ0) is 7.11. The predicted octanol–water partition coefficient (Wildman–Crippen LogP) is 0.0335. The van der Waals surface area contributed by atoms with Crippen LogP contribution in [0, 0.1) is 11.3 Å². The van der Waals surface area contributed by atoms with Gasteiger partial charge in [-0.25, -0.2) is 0 Å². The molecule has 3 heteroatoms. The van der Waals surface area contributed by atoms with E-state index in [0.29, 0.717) is 19.3 Å². The molecule has 0 aromatic heterocycles. The lowest BCUT2D eigenvalue weighted by Gasteiger charge is -1.97. The van der Waals surface area contributed by atoms with Gasteiger partial charge in [0.05, 0.1) is 6.07 Å². The fourth-order valence-corrected chi connectivity index (χ4v) is 0.514. The number of nitriles is 1. The SMILES string of the molecule is N#C[C@H](O)CCCCO. The summed E-state index contributed by atoms with van der Waals surface area (Å²) in [4.78, 5) is 0. The average molecular weight is 129 g/mol. The van der Waals surface area contributed by atoms with E-state index in [-0.39, 0.29) is 6.61 Å². The molecule has 9 heavy (non-hydrogen) atoms. The third kappa shape index (κ3) is 5.28. The van der Waals surface area contributed by atoms with Crippen LogP contribution in [0.5, 0.6) is 0 Å². The molecule has 0 rings (SSSR count). The van der Waals surface area contributed by atoms with Gasteiger partial charge < -0.3 is 10.2 Å². The van der Waals surface area contributed by atoms with Crippen molar-refractivity contribution >= 4 is 0 Å². The first kappa shape index (κ1) is 8.41. The molecule has 0 saturated carbocycles. The molecule has 0 aliphatic rings. The van der Waals surface area contributed by atoms with Crippen molar-refractivity contribution in [3.8, 4) is 6.07 Å². The van der Waals surface area contributed by atoms with Crippen LogP contribution >= 0.6 is 0 Å². The predicted molar refractivity (Wildman–Crippen MR) is 32.6 cm³/mol. The number of unbranched alkanes of at least 4 members (excludes halogenated alkanes) is 1. The Morgan fingerprint density at radius 2 is 2.11 bits per heavy atom. The Hall–Kier alpha value is -0.590. The third-order valence-electron chi connectivity index (χ3n) is 1.03. The summed E-state index contributed by atoms with van der Waals surface area (Å²) < 4.78 is 0. The molecule has 52 valence electrons. The van der Waals surface area contributed by atoms with E-state index in [0.717, 1.165) is 0 Å². The second kappa shape index (κ2) is 5.54. The molecule has 2 N–H and O–H groups in total. The highest BCUT2D eigenvalue weighted by molar-refractivity contribution is 4.81. The Labute approximate surface area is 54.5 Å². The number of hydrogen-bond donors (Lipinski definition) is 2. The maximum absolute atomic E-state index is 8.64. The normalized spacial score (nSPS) is 12.6. The standard InChI is InChI=1S/C6H11NO2/c7-5-6(9)3-1-2-4-8/h6,8-9H,1-4H2/t6-/m1/s1. The molecule has 0 bridgehead atoms. The Morgan fingerprint density at radius 1 is 1.44 bits per heavy atom. The summed E-state index contributed by atoms with van der Waals surface area (Å²) in [5.41, 5.74) is 0. The molecular formula is C6H11NO2. The lowest BCUT2D eigenvalue weighted by atomic mass is 10.2. The van der Waals surface area contributed by atoms with Crippen molar-refractivity contribution in [1.29, 1.82) is 5.26 Å². The van der Waals surface area contributed by atoms with Gasteiger partial charge in [-0.3, -0.25) is 0 Å². The molecule has 0 spiro atoms. The Bertz CT molecular complexity index is 97.7. The number of rotatable bonds is 4. The Morgan fingerprint density at radius 3 is 2.56 bits per heavy atom. The molecule has 1 atom stereocenters. The average Bonchev–Trinajstić information content (AvgIpc) is 1.89. The molecule has 3 nitrogen and oxygen atoms in total. The fraction of sp³-hybridized carbons (Fsp3) is 0.833. The minimum atomic E-state index is -0.850. The van der Waals surface area contributed by atoms with Crippen LogP contribution in [-0.4, -0.2) is 22.9 Å². The first-order valence-electron chi connectivity index (χ1n) is 2.99. The Kier molecular flexibility index (Phi) is 5.18. The van der Waals surface area contributed by atoms with E-state index in [4.69, 9.17) is 15.5 Å². The summed E-state index contributed by atoms with van der Waals surface area (Å²) in [6, 6.07) is 1.70. The van der Waals surface area contributed by atoms with Gasteiger partial charge in [-0.1, -0.05) is 0 Å². The highest BCUT2D eigenvalue weighted by Gasteiger charge is 1.98. The van der Waals surface area contributed by atoms with Gasteiger partial charge >= 0.3 is 0 Å². The quantitative estimate of drug-likeness (QED) is 0.416. The van der Waals surface area contributed by atoms with Gasteiger partial charge in [0.2, 0.25) is 0 Å². The van der Waals surface area contributed by atoms with Crippen LogP contribution in [0.4, 0.5) is 0 Å². The summed E-state index contributed by atoms with van der Waals surface area (Å²) in [5, 5.41) is 25.0. The van der Waals surface area contributed by atoms with E-state index in [1.165, 1.54) is 0 Å². The second-order valence-corrected chi connectivity index (χ2v) is 1.86. The smallest absolute Gasteiger partial charge is 0.140 e. The van der Waals surface area contributed by atoms with Gasteiger partial charge in [-0.05, 0) is 19.3 Å². The number of nitrogens with zero attached hydrogens (tertiary/aromatic N) is 1. The molecule has 0 radical (unpaired) electrons. The van der Waals surface area contributed by atoms with Crippen molar-refractivity contribution in [2.75, 3.05) is 6.61 Å². The highest BCUT2D eigenvalue weighted by atomic mass is 16.3. The van der Waals surface area contributed by atoms with Gasteiger partial charge in [0.1, 0.15) is 6.10 Å². The molecular weight excluding hydrogens is 118 g/mol. The van der Waals surface area contributed by atoms with Crippen LogP contribution in [0.1, 0.15) is 19.3 Å². The van der Waals surface area contributed by atoms with Gasteiger partial charge in [0.25, 0.3) is 0 Å². The molecule has 0 heterocycles. The van der Waals surface area contributed by atoms with Crippen molar-refractivity contribution < 1.29 is 10.2 Å². The molecule has 0 unspecified atom stereocenters. The van der Waals surface area contributed by atoms with E-state index in [2.05, 4.69) is 0 Å². The number of hydrogen-bond acceptors (Lipinski definition) is 3. The van der Waals surface area contributed by atoms with E-state index in [1.54, 1.807) is 6.07 Å². The topological polar surface area (TPSA) is 64.2 Å². The molecule has 0 aromatic rings. The van der Waals surface area contributed by atoms with Crippen LogP contribution in [-0.2, 0) is 0 Å². The molecule has 0 aliphatic carbocycles. The van der Waals surface area contributed by atoms with Crippen molar-refractivity contribution in [3.05, 3.63) is 0 Å². The lowest BCUT2D eigenvalue weighted by Crippen LogP contribution is -2.01. The summed E-state index contributed by atoms with van der Waals surface area (Å²) in [5.74, 6) is 0. The first-order chi connectivity index (χ1) is 4.31. The zero-order valence-corrected chi connectivity index (χ0v) is 5.25. The maximum atomic E-state index is 8.64. The van der Waals surface area contributed by atoms with Crippen molar-refractivity contribution in [2.24, 2.45) is 0 Å². The molecule has 0 saturated heterocycles. The van der Waals surface area contributed by atoms with E-state index < -0.39 is 6.10 Å². The van der Waals surface area contributed by atoms with Gasteiger partial charge in [-0.15, -0.1) is 0 Å². The van der Waals surface area contributed by atoms with Crippen LogP contribution in [0.3, 0.4) is 0 Å². The fourth-order valence-electron chi connectivity index (χ4n) is 0.514. The third-order valence-corrected chi connectivity index (χ3v) is 1.03. The Balaban J connectivity index is 2.99. The summed E-state index contributed by atoms with van der Waals surface area (Å²) in [7, 11) is 0. The zero-order valence-electron chi connectivity index (χ0n) is 5.25. The van der Waals surface area contributed by atoms with Crippen LogP contribution in [0.25, 0.3) is 0 Å². The number of aliphatic hydroxyl groups excluding tert-OH is 2. The van der Waals surface area contributed by atoms with Crippen LogP contribution in [0.2, 0.25) is 0 Å². The van der Waals surface area contributed by atoms with E-state index in [9.17, 15) is 0 Å². The van der Waals surface area contributed by atoms with Crippen LogP contribution < -0.4 is 0 Å². The van der Waals surface area contributed by atoms with Crippen LogP contribution in [0.15, 0.2) is 0 Å². The van der Waals surface area contributed by atoms with Crippen molar-refractivity contribution in [2.45, 2.75) is 25.4 Å². The molecule has 0 fully saturated rings. The van der Waals surface area contributed by atoms with Gasteiger partial charge in [-0.2, -0.15) is 5.26 Å². The maximum Gasteiger partial charge on any atom is 0.140 e. The first-order valence-corrected chi connectivity index (χ1v) is 2.99. The minimum absolute atomic E-state index is 0.137. The monoisotopic (exact) mass is 129 g/mol. The highest BCUT2D eigenvalue weighted by Crippen LogP contribution is 1.97. The largest absolute Gasteiger partial charge is 0.396 e. The number of aliphatic hydroxyl groups is 2. The summed E-state index contributed by atoms with van der Waals surface area (Å²) in [6.07, 6.45) is 0.998. The van der Waals surface area contributed by atoms with E-state index in [1.807, 2.05) is 0 Å². The van der Waals surface area contributed by atoms with Gasteiger partial charge in [0.15, 0.2) is 0 Å². The van der Waals surface area contributed by atoms with Gasteiger partial charge in [0, 0.05) is 6.61 Å². The lowest BCUT2D eigenvalue weighted by molar-refractivity contribution is 0.207. The van der Waals surface area contributed by atoms with Crippen molar-refractivity contribution in [1.82, 2.24) is 0 Å². The van der Waals surface area contributed by atoms with E-state index >= 15 is 0 Å².